The summed E-state index contributed by atoms with van der Waals surface area (Å²) in [6, 6.07) is 0. The van der Waals surface area contributed by atoms with Crippen molar-refractivity contribution in [3.8, 4) is 46.7 Å². The number of phosphoric acid groups is 1. The van der Waals surface area contributed by atoms with Gasteiger partial charge >= 0.3 is 65.1 Å². The third-order valence-electron chi connectivity index (χ3n) is 5.03. The first-order valence-electron chi connectivity index (χ1n) is 13.8. The van der Waals surface area contributed by atoms with Crippen LogP contribution in [0.4, 0.5) is 0 Å². The number of rotatable bonds is 20. The van der Waals surface area contributed by atoms with E-state index in [2.05, 4.69) is 62.9 Å². The second-order valence-electron chi connectivity index (χ2n) is 8.69. The van der Waals surface area contributed by atoms with Crippen molar-refractivity contribution < 1.29 is 109 Å². The smallest absolute Gasteiger partial charge is 0.790 e. The molecule has 0 saturated heterocycles. The quantitative estimate of drug-likeness (QED) is 0.0442. The Balaban J connectivity index is -0.0000000943. The maximum Gasteiger partial charge on any atom is 1.00 e. The monoisotopic (exact) mass is 666 g/mol. The van der Waals surface area contributed by atoms with Gasteiger partial charge in [-0.25, -0.2) is 0 Å². The predicted octanol–water partition coefficient (Wildman–Crippen LogP) is -0.704. The standard InChI is InChI=1S/C19H39O8P.C11H6OS.2Na.5H2/c1-2-3-4-5-6-7-8-9-10-11-12-13-14-19(21)27-18(15-25-17-20)16-26-28(22,23)24;1-3-4-5-6-7-8-9-10-13-11(2)12;;;;;;;/h18,20H,2-17H2,1H3,(H2,22,23,24);1-2H3;;;5*1H/q;;2*+1;;;;;/p-2/t18-;;;;;;;;/m0......../s1. The van der Waals surface area contributed by atoms with Crippen molar-refractivity contribution in [3.63, 3.8) is 0 Å². The molecule has 0 aromatic carbocycles. The van der Waals surface area contributed by atoms with Crippen LogP contribution in [0.5, 0.6) is 0 Å². The summed E-state index contributed by atoms with van der Waals surface area (Å²) < 4.78 is 24.4. The van der Waals surface area contributed by atoms with Crippen LogP contribution in [0.3, 0.4) is 0 Å². The number of ether oxygens (including phenoxy) is 2. The van der Waals surface area contributed by atoms with E-state index in [0.29, 0.717) is 6.42 Å². The van der Waals surface area contributed by atoms with Crippen molar-refractivity contribution in [2.45, 2.75) is 110 Å². The minimum absolute atomic E-state index is 0. The normalized spacial score (nSPS) is 10.0. The Hall–Kier alpha value is -0.240. The molecule has 1 N–H and O–H groups in total. The first-order chi connectivity index (χ1) is 19.7. The van der Waals surface area contributed by atoms with Crippen LogP contribution in [0.15, 0.2) is 0 Å². The molecule has 0 aliphatic heterocycles. The van der Waals surface area contributed by atoms with E-state index in [0.717, 1.165) is 31.0 Å². The second kappa shape index (κ2) is 37.9. The predicted molar refractivity (Wildman–Crippen MR) is 168 cm³/mol. The molecule has 0 aromatic rings. The molecule has 0 unspecified atom stereocenters. The number of hydrogen-bond acceptors (Lipinski definition) is 10. The summed E-state index contributed by atoms with van der Waals surface area (Å²) in [4.78, 5) is 43.2. The van der Waals surface area contributed by atoms with Crippen LogP contribution in [0.25, 0.3) is 0 Å². The molecule has 43 heavy (non-hydrogen) atoms. The molecular formula is C30H53Na2O9PS. The molecule has 0 spiro atoms. The molecule has 0 amide bonds. The van der Waals surface area contributed by atoms with E-state index in [1.807, 2.05) is 0 Å². The molecule has 13 heteroatoms. The Kier molecular flexibility index (Phi) is 43.8. The van der Waals surface area contributed by atoms with Gasteiger partial charge in [-0.05, 0) is 54.1 Å². The minimum Gasteiger partial charge on any atom is -0.790 e. The summed E-state index contributed by atoms with van der Waals surface area (Å²) >= 11 is 0.921. The number of carbonyl (C=O) groups excluding carboxylic acids is 2. The molecule has 240 valence electrons. The molecule has 1 atom stereocenters. The molecule has 9 nitrogen and oxygen atoms in total. The first-order valence-corrected chi connectivity index (χ1v) is 16.1. The van der Waals surface area contributed by atoms with E-state index >= 15 is 0 Å². The van der Waals surface area contributed by atoms with Gasteiger partial charge in [-0.15, -0.1) is 0 Å². The van der Waals surface area contributed by atoms with Crippen LogP contribution in [0.1, 0.15) is 111 Å². The van der Waals surface area contributed by atoms with Gasteiger partial charge in [0.15, 0.2) is 5.12 Å². The van der Waals surface area contributed by atoms with Gasteiger partial charge in [0.25, 0.3) is 0 Å². The molecule has 0 bridgehead atoms. The number of unbranched alkanes of at least 4 members (excludes halogenated alkanes) is 11. The summed E-state index contributed by atoms with van der Waals surface area (Å²) in [5, 5.41) is 11.1. The number of esters is 1. The Bertz CT molecular complexity index is 1030. The van der Waals surface area contributed by atoms with Crippen molar-refractivity contribution in [1.29, 1.82) is 0 Å². The summed E-state index contributed by atoms with van der Waals surface area (Å²) in [7, 11) is -5.15. The van der Waals surface area contributed by atoms with Crippen LogP contribution in [0, 0.1) is 46.7 Å². The number of phosphoric ester groups is 1. The minimum atomic E-state index is -5.15. The molecule has 0 radical (unpaired) electrons. The number of hydrogen-bond donors (Lipinski definition) is 1. The van der Waals surface area contributed by atoms with Crippen molar-refractivity contribution in [2.24, 2.45) is 0 Å². The van der Waals surface area contributed by atoms with Gasteiger partial charge < -0.3 is 33.5 Å². The maximum absolute atomic E-state index is 11.8. The Morgan fingerprint density at radius 1 is 0.837 bits per heavy atom. The van der Waals surface area contributed by atoms with Crippen molar-refractivity contribution in [2.75, 3.05) is 20.0 Å². The van der Waals surface area contributed by atoms with Gasteiger partial charge in [-0.3, -0.25) is 9.59 Å². The molecule has 0 saturated carbocycles. The molecular weight excluding hydrogens is 613 g/mol. The number of thioether (sulfide) groups is 1. The largest absolute Gasteiger partial charge is 1.00 e. The van der Waals surface area contributed by atoms with Gasteiger partial charge in [-0.1, -0.05) is 83.5 Å². The molecule has 0 aliphatic rings. The van der Waals surface area contributed by atoms with Crippen LogP contribution in [0.2, 0.25) is 0 Å². The third-order valence-corrected chi connectivity index (χ3v) is 5.99. The van der Waals surface area contributed by atoms with Gasteiger partial charge in [-0.2, -0.15) is 0 Å². The summed E-state index contributed by atoms with van der Waals surface area (Å²) in [5.41, 5.74) is 0. The van der Waals surface area contributed by atoms with E-state index in [9.17, 15) is 23.9 Å². The van der Waals surface area contributed by atoms with Crippen LogP contribution in [-0.4, -0.2) is 42.3 Å². The van der Waals surface area contributed by atoms with Crippen LogP contribution >= 0.6 is 19.6 Å². The third kappa shape index (κ3) is 46.3. The molecule has 0 aliphatic carbocycles. The second-order valence-corrected chi connectivity index (χ2v) is 10.8. The Morgan fingerprint density at radius 3 is 1.79 bits per heavy atom. The Labute approximate surface area is 314 Å². The zero-order valence-corrected chi connectivity index (χ0v) is 32.2. The zero-order chi connectivity index (χ0) is 31.0. The maximum atomic E-state index is 11.8. The zero-order valence-electron chi connectivity index (χ0n) is 26.5. The van der Waals surface area contributed by atoms with E-state index < -0.39 is 33.3 Å². The number of aliphatic hydroxyl groups is 1. The fourth-order valence-electron chi connectivity index (χ4n) is 3.14. The molecule has 0 aromatic heterocycles. The van der Waals surface area contributed by atoms with Gasteiger partial charge in [0.1, 0.15) is 12.9 Å². The summed E-state index contributed by atoms with van der Waals surface area (Å²) in [5.74, 6) is 17.1. The van der Waals surface area contributed by atoms with Crippen molar-refractivity contribution >= 4 is 30.7 Å². The van der Waals surface area contributed by atoms with Gasteiger partial charge in [0.05, 0.1) is 21.0 Å². The fourth-order valence-corrected chi connectivity index (χ4v) is 3.73. The fraction of sp³-hybridized carbons (Fsp3) is 0.667. The van der Waals surface area contributed by atoms with Gasteiger partial charge in [0, 0.05) is 32.2 Å². The van der Waals surface area contributed by atoms with E-state index in [-0.39, 0.29) is 84.4 Å². The van der Waals surface area contributed by atoms with E-state index in [1.165, 1.54) is 58.3 Å². The van der Waals surface area contributed by atoms with E-state index in [1.54, 1.807) is 6.92 Å². The Morgan fingerprint density at radius 2 is 1.33 bits per heavy atom. The van der Waals surface area contributed by atoms with Crippen LogP contribution in [-0.2, 0) is 28.2 Å². The number of carbonyl (C=O) groups is 2. The molecule has 0 fully saturated rings. The van der Waals surface area contributed by atoms with Crippen molar-refractivity contribution in [3.05, 3.63) is 0 Å². The molecule has 0 heterocycles. The van der Waals surface area contributed by atoms with E-state index in [4.69, 9.17) is 9.84 Å². The SMILES string of the molecule is CC#CC#CC#CC#CSC(C)=O.CCCCCCCCCCCCCCC(=O)O[C@@H](COCO)COP(=O)([O-])[O-].[HH].[HH].[HH].[HH].[HH].[Na+].[Na+]. The topological polar surface area (TPSA) is 145 Å². The first kappa shape index (κ1) is 49.6. The van der Waals surface area contributed by atoms with Crippen LogP contribution < -0.4 is 68.9 Å². The van der Waals surface area contributed by atoms with Gasteiger partial charge in [0.2, 0.25) is 0 Å². The summed E-state index contributed by atoms with van der Waals surface area (Å²) in [6.45, 7) is 3.89. The average molecular weight is 667 g/mol. The summed E-state index contributed by atoms with van der Waals surface area (Å²) in [6.07, 6.45) is 13.4. The molecule has 0 rings (SSSR count). The number of aliphatic hydroxyl groups excluding tert-OH is 1. The van der Waals surface area contributed by atoms with Crippen molar-refractivity contribution in [1.82, 2.24) is 0 Å². The average Bonchev–Trinajstić information content (AvgIpc) is 2.92.